The third kappa shape index (κ3) is 2.69. The monoisotopic (exact) mass is 201 g/mol. The fraction of sp³-hybridized carbons (Fsp3) is 0.429. The van der Waals surface area contributed by atoms with Crippen LogP contribution in [0.25, 0.3) is 0 Å². The predicted octanol–water partition coefficient (Wildman–Crippen LogP) is 3.45. The molecule has 1 nitrogen and oxygen atoms in total. The molecule has 0 aromatic heterocycles. The highest BCUT2D eigenvalue weighted by Crippen LogP contribution is 2.27. The van der Waals surface area contributed by atoms with Crippen LogP contribution in [0.3, 0.4) is 0 Å². The molecule has 0 unspecified atom stereocenters. The Bertz CT molecular complexity index is 304. The SMILES string of the molecule is C=CCC[C@@H]1CC[C@@H](c2ccccc2)N1. The molecule has 1 heteroatoms. The fourth-order valence-electron chi connectivity index (χ4n) is 2.31. The molecule has 0 saturated carbocycles. The topological polar surface area (TPSA) is 12.0 Å². The van der Waals surface area contributed by atoms with Gasteiger partial charge in [-0.15, -0.1) is 6.58 Å². The Morgan fingerprint density at radius 3 is 2.80 bits per heavy atom. The molecule has 15 heavy (non-hydrogen) atoms. The van der Waals surface area contributed by atoms with Crippen molar-refractivity contribution in [3.8, 4) is 0 Å². The normalized spacial score (nSPS) is 25.3. The van der Waals surface area contributed by atoms with Crippen molar-refractivity contribution in [1.29, 1.82) is 0 Å². The minimum atomic E-state index is 0.570. The Morgan fingerprint density at radius 1 is 1.27 bits per heavy atom. The van der Waals surface area contributed by atoms with E-state index in [0.717, 1.165) is 6.42 Å². The lowest BCUT2D eigenvalue weighted by Gasteiger charge is -2.13. The van der Waals surface area contributed by atoms with E-state index in [0.29, 0.717) is 12.1 Å². The summed E-state index contributed by atoms with van der Waals surface area (Å²) in [5.41, 5.74) is 1.43. The lowest BCUT2D eigenvalue weighted by atomic mass is 10.1. The summed E-state index contributed by atoms with van der Waals surface area (Å²) in [4.78, 5) is 0. The lowest BCUT2D eigenvalue weighted by Crippen LogP contribution is -2.23. The van der Waals surface area contributed by atoms with Crippen LogP contribution in [0.4, 0.5) is 0 Å². The van der Waals surface area contributed by atoms with Crippen molar-refractivity contribution in [3.63, 3.8) is 0 Å². The lowest BCUT2D eigenvalue weighted by molar-refractivity contribution is 0.525. The van der Waals surface area contributed by atoms with Crippen LogP contribution in [-0.2, 0) is 0 Å². The minimum Gasteiger partial charge on any atom is -0.307 e. The van der Waals surface area contributed by atoms with Gasteiger partial charge in [-0.3, -0.25) is 0 Å². The molecule has 80 valence electrons. The standard InChI is InChI=1S/C14H19N/c1-2-3-9-13-10-11-14(15-13)12-7-5-4-6-8-12/h2,4-8,13-15H,1,3,9-11H2/t13-,14+/m1/s1. The van der Waals surface area contributed by atoms with Gasteiger partial charge in [0, 0.05) is 12.1 Å². The molecule has 1 aliphatic rings. The predicted molar refractivity (Wildman–Crippen MR) is 64.8 cm³/mol. The van der Waals surface area contributed by atoms with Crippen LogP contribution in [0.15, 0.2) is 43.0 Å². The second kappa shape index (κ2) is 5.13. The molecule has 1 aromatic carbocycles. The van der Waals surface area contributed by atoms with Gasteiger partial charge in [-0.2, -0.15) is 0 Å². The van der Waals surface area contributed by atoms with Gasteiger partial charge in [0.15, 0.2) is 0 Å². The number of rotatable bonds is 4. The maximum atomic E-state index is 3.77. The van der Waals surface area contributed by atoms with Gasteiger partial charge in [0.25, 0.3) is 0 Å². The van der Waals surface area contributed by atoms with Crippen LogP contribution in [0, 0.1) is 0 Å². The third-order valence-electron chi connectivity index (χ3n) is 3.16. The molecule has 0 bridgehead atoms. The highest BCUT2D eigenvalue weighted by Gasteiger charge is 2.23. The summed E-state index contributed by atoms with van der Waals surface area (Å²) in [5, 5.41) is 3.69. The zero-order valence-corrected chi connectivity index (χ0v) is 9.15. The molecule has 0 amide bonds. The molecular formula is C14H19N. The van der Waals surface area contributed by atoms with E-state index in [2.05, 4.69) is 42.2 Å². The van der Waals surface area contributed by atoms with Gasteiger partial charge in [0.2, 0.25) is 0 Å². The summed E-state index contributed by atoms with van der Waals surface area (Å²) >= 11 is 0. The van der Waals surface area contributed by atoms with Crippen LogP contribution in [0.1, 0.15) is 37.3 Å². The average molecular weight is 201 g/mol. The van der Waals surface area contributed by atoms with Gasteiger partial charge in [-0.1, -0.05) is 36.4 Å². The van der Waals surface area contributed by atoms with Gasteiger partial charge in [-0.05, 0) is 31.2 Å². The molecule has 2 rings (SSSR count). The maximum absolute atomic E-state index is 3.77. The van der Waals surface area contributed by atoms with E-state index < -0.39 is 0 Å². The smallest absolute Gasteiger partial charge is 0.0323 e. The Hall–Kier alpha value is -1.08. The second-order valence-electron chi connectivity index (χ2n) is 4.27. The quantitative estimate of drug-likeness (QED) is 0.736. The molecule has 1 fully saturated rings. The Morgan fingerprint density at radius 2 is 2.07 bits per heavy atom. The van der Waals surface area contributed by atoms with E-state index in [1.54, 1.807) is 0 Å². The van der Waals surface area contributed by atoms with Crippen molar-refractivity contribution in [2.45, 2.75) is 37.8 Å². The van der Waals surface area contributed by atoms with Gasteiger partial charge in [-0.25, -0.2) is 0 Å². The van der Waals surface area contributed by atoms with E-state index in [9.17, 15) is 0 Å². The minimum absolute atomic E-state index is 0.570. The van der Waals surface area contributed by atoms with E-state index >= 15 is 0 Å². The van der Waals surface area contributed by atoms with Crippen molar-refractivity contribution in [2.24, 2.45) is 0 Å². The van der Waals surface area contributed by atoms with Crippen molar-refractivity contribution in [3.05, 3.63) is 48.6 Å². The largest absolute Gasteiger partial charge is 0.307 e. The molecule has 1 heterocycles. The van der Waals surface area contributed by atoms with Crippen LogP contribution in [0.5, 0.6) is 0 Å². The highest BCUT2D eigenvalue weighted by molar-refractivity contribution is 5.20. The summed E-state index contributed by atoms with van der Waals surface area (Å²) in [6, 6.07) is 12.0. The first-order valence-corrected chi connectivity index (χ1v) is 5.82. The molecule has 1 aliphatic heterocycles. The number of allylic oxidation sites excluding steroid dienone is 1. The molecule has 0 spiro atoms. The van der Waals surface area contributed by atoms with Crippen LogP contribution < -0.4 is 5.32 Å². The maximum Gasteiger partial charge on any atom is 0.0323 e. The van der Waals surface area contributed by atoms with Gasteiger partial charge < -0.3 is 5.32 Å². The number of nitrogens with one attached hydrogen (secondary N) is 1. The highest BCUT2D eigenvalue weighted by atomic mass is 15.0. The number of hydrogen-bond acceptors (Lipinski definition) is 1. The molecule has 0 radical (unpaired) electrons. The van der Waals surface area contributed by atoms with Gasteiger partial charge >= 0.3 is 0 Å². The second-order valence-corrected chi connectivity index (χ2v) is 4.27. The van der Waals surface area contributed by atoms with E-state index in [-0.39, 0.29) is 0 Å². The third-order valence-corrected chi connectivity index (χ3v) is 3.16. The molecule has 1 N–H and O–H groups in total. The zero-order valence-electron chi connectivity index (χ0n) is 9.15. The van der Waals surface area contributed by atoms with E-state index in [1.807, 2.05) is 6.08 Å². The summed E-state index contributed by atoms with van der Waals surface area (Å²) in [5.74, 6) is 0. The Labute approximate surface area is 92.2 Å². The summed E-state index contributed by atoms with van der Waals surface area (Å²) in [6.45, 7) is 3.77. The zero-order chi connectivity index (χ0) is 10.5. The molecular weight excluding hydrogens is 182 g/mol. The van der Waals surface area contributed by atoms with Gasteiger partial charge in [0.1, 0.15) is 0 Å². The summed E-state index contributed by atoms with van der Waals surface area (Å²) in [6.07, 6.45) is 6.93. The fourth-order valence-corrected chi connectivity index (χ4v) is 2.31. The van der Waals surface area contributed by atoms with Crippen molar-refractivity contribution < 1.29 is 0 Å². The summed E-state index contributed by atoms with van der Waals surface area (Å²) in [7, 11) is 0. The van der Waals surface area contributed by atoms with E-state index in [4.69, 9.17) is 0 Å². The number of hydrogen-bond donors (Lipinski definition) is 1. The van der Waals surface area contributed by atoms with Crippen LogP contribution in [0.2, 0.25) is 0 Å². The van der Waals surface area contributed by atoms with Gasteiger partial charge in [0.05, 0.1) is 0 Å². The first-order valence-electron chi connectivity index (χ1n) is 5.82. The molecule has 1 saturated heterocycles. The van der Waals surface area contributed by atoms with Crippen LogP contribution >= 0.6 is 0 Å². The molecule has 1 aromatic rings. The molecule has 0 aliphatic carbocycles. The van der Waals surface area contributed by atoms with Crippen LogP contribution in [-0.4, -0.2) is 6.04 Å². The number of benzene rings is 1. The summed E-state index contributed by atoms with van der Waals surface area (Å²) < 4.78 is 0. The Kier molecular flexibility index (Phi) is 3.57. The van der Waals surface area contributed by atoms with Crippen molar-refractivity contribution >= 4 is 0 Å². The molecule has 2 atom stereocenters. The van der Waals surface area contributed by atoms with Crippen molar-refractivity contribution in [2.75, 3.05) is 0 Å². The van der Waals surface area contributed by atoms with E-state index in [1.165, 1.54) is 24.8 Å². The average Bonchev–Trinajstić information content (AvgIpc) is 2.76. The first kappa shape index (κ1) is 10.4. The van der Waals surface area contributed by atoms with Crippen molar-refractivity contribution in [1.82, 2.24) is 5.32 Å². The first-order chi connectivity index (χ1) is 7.40. The Balaban J connectivity index is 1.90.